The van der Waals surface area contributed by atoms with Crippen molar-refractivity contribution >= 4 is 23.4 Å². The largest absolute Gasteiger partial charge is 0.355 e. The van der Waals surface area contributed by atoms with E-state index in [9.17, 15) is 9.59 Å². The fraction of sp³-hybridized carbons (Fsp3) is 0.500. The van der Waals surface area contributed by atoms with Gasteiger partial charge in [0.1, 0.15) is 0 Å². The van der Waals surface area contributed by atoms with Gasteiger partial charge >= 0.3 is 0 Å². The molecule has 1 atom stereocenters. The Bertz CT molecular complexity index is 477. The molecule has 0 saturated carbocycles. The maximum Gasteiger partial charge on any atom is 0.222 e. The minimum atomic E-state index is -0.349. The summed E-state index contributed by atoms with van der Waals surface area (Å²) >= 11 is 5.86. The zero-order valence-electron chi connectivity index (χ0n) is 13.1. The van der Waals surface area contributed by atoms with E-state index in [4.69, 9.17) is 11.6 Å². The first-order chi connectivity index (χ1) is 10.5. The van der Waals surface area contributed by atoms with Gasteiger partial charge in [0, 0.05) is 25.0 Å². The van der Waals surface area contributed by atoms with Crippen LogP contribution in [0.15, 0.2) is 24.3 Å². The summed E-state index contributed by atoms with van der Waals surface area (Å²) in [6.45, 7) is 5.79. The molecule has 0 fully saturated rings. The molecular formula is C16H24ClN3O2. The molecule has 1 aromatic rings. The molecule has 0 aliphatic rings. The van der Waals surface area contributed by atoms with Gasteiger partial charge in [-0.15, -0.1) is 0 Å². The van der Waals surface area contributed by atoms with Crippen LogP contribution in [0.2, 0.25) is 5.02 Å². The summed E-state index contributed by atoms with van der Waals surface area (Å²) < 4.78 is 0. The molecule has 0 bridgehead atoms. The van der Waals surface area contributed by atoms with Gasteiger partial charge < -0.3 is 16.0 Å². The van der Waals surface area contributed by atoms with Crippen LogP contribution in [0.1, 0.15) is 38.3 Å². The van der Waals surface area contributed by atoms with Crippen LogP contribution in [-0.4, -0.2) is 31.4 Å². The number of amides is 2. The third-order valence-electron chi connectivity index (χ3n) is 3.09. The molecule has 0 aromatic heterocycles. The van der Waals surface area contributed by atoms with Crippen molar-refractivity contribution < 1.29 is 9.59 Å². The first kappa shape index (κ1) is 18.5. The molecule has 0 spiro atoms. The van der Waals surface area contributed by atoms with Crippen molar-refractivity contribution in [3.05, 3.63) is 34.9 Å². The highest BCUT2D eigenvalue weighted by atomic mass is 35.5. The summed E-state index contributed by atoms with van der Waals surface area (Å²) in [5.74, 6) is -0.260. The maximum atomic E-state index is 12.0. The highest BCUT2D eigenvalue weighted by Crippen LogP contribution is 2.19. The molecule has 1 aromatic carbocycles. The number of benzene rings is 1. The zero-order valence-corrected chi connectivity index (χ0v) is 13.9. The van der Waals surface area contributed by atoms with Crippen molar-refractivity contribution in [2.45, 2.75) is 32.7 Å². The van der Waals surface area contributed by atoms with Crippen molar-refractivity contribution in [1.82, 2.24) is 16.0 Å². The van der Waals surface area contributed by atoms with Crippen molar-refractivity contribution in [3.63, 3.8) is 0 Å². The molecule has 2 amide bonds. The van der Waals surface area contributed by atoms with E-state index in [0.29, 0.717) is 11.6 Å². The number of hydrogen-bond acceptors (Lipinski definition) is 3. The highest BCUT2D eigenvalue weighted by Gasteiger charge is 2.16. The predicted octanol–water partition coefficient (Wildman–Crippen LogP) is 2.02. The second-order valence-corrected chi connectivity index (χ2v) is 5.55. The van der Waals surface area contributed by atoms with E-state index in [2.05, 4.69) is 22.9 Å². The number of nitrogens with one attached hydrogen (secondary N) is 3. The lowest BCUT2D eigenvalue weighted by Gasteiger charge is -2.18. The van der Waals surface area contributed by atoms with Crippen LogP contribution in [0, 0.1) is 0 Å². The van der Waals surface area contributed by atoms with Crippen molar-refractivity contribution in [1.29, 1.82) is 0 Å². The Hall–Kier alpha value is -1.59. The quantitative estimate of drug-likeness (QED) is 0.608. The second-order valence-electron chi connectivity index (χ2n) is 5.11. The number of carbonyl (C=O) groups is 2. The van der Waals surface area contributed by atoms with Crippen LogP contribution in [-0.2, 0) is 9.59 Å². The first-order valence-electron chi connectivity index (χ1n) is 7.53. The normalized spacial score (nSPS) is 11.8. The van der Waals surface area contributed by atoms with Crippen molar-refractivity contribution in [2.75, 3.05) is 19.6 Å². The fourth-order valence-electron chi connectivity index (χ4n) is 2.04. The van der Waals surface area contributed by atoms with E-state index < -0.39 is 0 Å². The molecule has 122 valence electrons. The maximum absolute atomic E-state index is 12.0. The standard InChI is InChI=1S/C16H24ClN3O2/c1-3-8-18-9-10-19-16(22)11-15(20-12(2)21)13-4-6-14(17)7-5-13/h4-7,15,18H,3,8-11H2,1-2H3,(H,19,22)(H,20,21). The van der Waals surface area contributed by atoms with Crippen molar-refractivity contribution in [3.8, 4) is 0 Å². The minimum absolute atomic E-state index is 0.0907. The third kappa shape index (κ3) is 7.43. The number of carbonyl (C=O) groups excluding carboxylic acids is 2. The Kier molecular flexibility index (Phi) is 8.55. The Morgan fingerprint density at radius 2 is 1.82 bits per heavy atom. The van der Waals surface area contributed by atoms with Crippen LogP contribution < -0.4 is 16.0 Å². The molecule has 3 N–H and O–H groups in total. The Balaban J connectivity index is 2.52. The minimum Gasteiger partial charge on any atom is -0.355 e. The van der Waals surface area contributed by atoms with Crippen LogP contribution in [0.3, 0.4) is 0 Å². The number of hydrogen-bond donors (Lipinski definition) is 3. The monoisotopic (exact) mass is 325 g/mol. The van der Waals surface area contributed by atoms with E-state index in [1.165, 1.54) is 6.92 Å². The SMILES string of the molecule is CCCNCCNC(=O)CC(NC(C)=O)c1ccc(Cl)cc1. The molecule has 6 heteroatoms. The topological polar surface area (TPSA) is 70.2 Å². The Morgan fingerprint density at radius 3 is 2.41 bits per heavy atom. The van der Waals surface area contributed by atoms with Crippen molar-refractivity contribution in [2.24, 2.45) is 0 Å². The van der Waals surface area contributed by atoms with Gasteiger partial charge in [-0.25, -0.2) is 0 Å². The van der Waals surface area contributed by atoms with E-state index in [-0.39, 0.29) is 24.3 Å². The molecule has 0 aliphatic heterocycles. The summed E-state index contributed by atoms with van der Waals surface area (Å²) in [4.78, 5) is 23.3. The van der Waals surface area contributed by atoms with Gasteiger partial charge in [-0.1, -0.05) is 30.7 Å². The lowest BCUT2D eigenvalue weighted by atomic mass is 10.0. The zero-order chi connectivity index (χ0) is 16.4. The summed E-state index contributed by atoms with van der Waals surface area (Å²) in [5.41, 5.74) is 0.860. The smallest absolute Gasteiger partial charge is 0.222 e. The van der Waals surface area contributed by atoms with Gasteiger partial charge in [-0.2, -0.15) is 0 Å². The Morgan fingerprint density at radius 1 is 1.14 bits per heavy atom. The molecular weight excluding hydrogens is 302 g/mol. The third-order valence-corrected chi connectivity index (χ3v) is 3.34. The highest BCUT2D eigenvalue weighted by molar-refractivity contribution is 6.30. The summed E-state index contributed by atoms with van der Waals surface area (Å²) in [5, 5.41) is 9.48. The lowest BCUT2D eigenvalue weighted by Crippen LogP contribution is -2.35. The fourth-order valence-corrected chi connectivity index (χ4v) is 2.17. The molecule has 22 heavy (non-hydrogen) atoms. The number of halogens is 1. The molecule has 0 radical (unpaired) electrons. The molecule has 1 rings (SSSR count). The predicted molar refractivity (Wildman–Crippen MR) is 88.8 cm³/mol. The second kappa shape index (κ2) is 10.2. The van der Waals surface area contributed by atoms with Crippen LogP contribution in [0.25, 0.3) is 0 Å². The summed E-state index contributed by atoms with van der Waals surface area (Å²) in [7, 11) is 0. The van der Waals surface area contributed by atoms with E-state index >= 15 is 0 Å². The average molecular weight is 326 g/mol. The number of rotatable bonds is 9. The Labute approximate surface area is 136 Å². The van der Waals surface area contributed by atoms with Gasteiger partial charge in [0.25, 0.3) is 0 Å². The molecule has 1 unspecified atom stereocenters. The molecule has 0 saturated heterocycles. The average Bonchev–Trinajstić information content (AvgIpc) is 2.46. The van der Waals surface area contributed by atoms with Gasteiger partial charge in [0.15, 0.2) is 0 Å². The van der Waals surface area contributed by atoms with E-state index in [1.807, 2.05) is 12.1 Å². The van der Waals surface area contributed by atoms with Crippen LogP contribution >= 0.6 is 11.6 Å². The lowest BCUT2D eigenvalue weighted by molar-refractivity contribution is -0.122. The summed E-state index contributed by atoms with van der Waals surface area (Å²) in [6, 6.07) is 6.78. The van der Waals surface area contributed by atoms with E-state index in [1.54, 1.807) is 12.1 Å². The van der Waals surface area contributed by atoms with Gasteiger partial charge in [0.2, 0.25) is 11.8 Å². The first-order valence-corrected chi connectivity index (χ1v) is 7.90. The molecule has 0 heterocycles. The van der Waals surface area contributed by atoms with E-state index in [0.717, 1.165) is 25.1 Å². The van der Waals surface area contributed by atoms with Crippen LogP contribution in [0.5, 0.6) is 0 Å². The van der Waals surface area contributed by atoms with Gasteiger partial charge in [-0.3, -0.25) is 9.59 Å². The van der Waals surface area contributed by atoms with Gasteiger partial charge in [-0.05, 0) is 30.7 Å². The molecule has 0 aliphatic carbocycles. The van der Waals surface area contributed by atoms with Crippen LogP contribution in [0.4, 0.5) is 0 Å². The van der Waals surface area contributed by atoms with Gasteiger partial charge in [0.05, 0.1) is 12.5 Å². The molecule has 5 nitrogen and oxygen atoms in total. The summed E-state index contributed by atoms with van der Waals surface area (Å²) in [6.07, 6.45) is 1.27.